The van der Waals surface area contributed by atoms with Gasteiger partial charge >= 0.3 is 5.97 Å². The van der Waals surface area contributed by atoms with E-state index in [9.17, 15) is 4.79 Å². The topological polar surface area (TPSA) is 55.6 Å². The zero-order valence-corrected chi connectivity index (χ0v) is 11.3. The average Bonchev–Trinajstić information content (AvgIpc) is 2.39. The third-order valence-corrected chi connectivity index (χ3v) is 3.37. The second-order valence-electron chi connectivity index (χ2n) is 4.47. The van der Waals surface area contributed by atoms with Crippen LogP contribution in [0.1, 0.15) is 12.8 Å². The Morgan fingerprint density at radius 2 is 1.83 bits per heavy atom. The van der Waals surface area contributed by atoms with Crippen LogP contribution in [0.25, 0.3) is 0 Å². The van der Waals surface area contributed by atoms with E-state index in [1.165, 1.54) is 12.8 Å². The molecule has 1 aromatic carbocycles. The molecule has 4 nitrogen and oxygen atoms in total. The van der Waals surface area contributed by atoms with Gasteiger partial charge in [0.05, 0.1) is 7.11 Å². The molecule has 1 saturated heterocycles. The van der Waals surface area contributed by atoms with Crippen LogP contribution in [0.2, 0.25) is 0 Å². The largest absolute Gasteiger partial charge is 0.468 e. The van der Waals surface area contributed by atoms with Gasteiger partial charge in [0.1, 0.15) is 5.54 Å². The smallest absolute Gasteiger partial charge is 0.325 e. The molecule has 0 saturated carbocycles. The van der Waals surface area contributed by atoms with Gasteiger partial charge in [-0.05, 0) is 25.0 Å². The number of hydrogen-bond acceptors (Lipinski definition) is 4. The number of esters is 1. The second-order valence-corrected chi connectivity index (χ2v) is 4.47. The van der Waals surface area contributed by atoms with Crippen molar-refractivity contribution in [1.82, 2.24) is 0 Å². The van der Waals surface area contributed by atoms with Gasteiger partial charge in [-0.15, -0.1) is 12.4 Å². The number of para-hydroxylation sites is 1. The molecule has 0 amide bonds. The standard InChI is InChI=1S/C13H18N2O2.ClH/c1-17-12(16)13(14)7-9-15(10-8-13)11-5-3-2-4-6-11;/h2-6H,7-10,14H2,1H3;1H. The number of halogens is 1. The number of rotatable bonds is 2. The van der Waals surface area contributed by atoms with Crippen molar-refractivity contribution >= 4 is 24.1 Å². The lowest BCUT2D eigenvalue weighted by Crippen LogP contribution is -2.56. The van der Waals surface area contributed by atoms with Gasteiger partial charge < -0.3 is 15.4 Å². The molecule has 0 atom stereocenters. The number of piperidine rings is 1. The summed E-state index contributed by atoms with van der Waals surface area (Å²) >= 11 is 0. The van der Waals surface area contributed by atoms with Crippen molar-refractivity contribution < 1.29 is 9.53 Å². The number of carbonyl (C=O) groups is 1. The number of carbonyl (C=O) groups excluding carboxylic acids is 1. The quantitative estimate of drug-likeness (QED) is 0.829. The van der Waals surface area contributed by atoms with E-state index >= 15 is 0 Å². The summed E-state index contributed by atoms with van der Waals surface area (Å²) in [6.45, 7) is 1.57. The van der Waals surface area contributed by atoms with Crippen LogP contribution in [0.4, 0.5) is 5.69 Å². The minimum absolute atomic E-state index is 0. The van der Waals surface area contributed by atoms with Gasteiger partial charge in [0.15, 0.2) is 0 Å². The third kappa shape index (κ3) is 2.94. The second kappa shape index (κ2) is 6.07. The summed E-state index contributed by atoms with van der Waals surface area (Å²) in [5, 5.41) is 0. The average molecular weight is 271 g/mol. The minimum atomic E-state index is -0.806. The van der Waals surface area contributed by atoms with Gasteiger partial charge in [-0.25, -0.2) is 0 Å². The molecule has 1 heterocycles. The third-order valence-electron chi connectivity index (χ3n) is 3.37. The van der Waals surface area contributed by atoms with Crippen LogP contribution in [-0.2, 0) is 9.53 Å². The highest BCUT2D eigenvalue weighted by atomic mass is 35.5. The molecule has 1 aliphatic heterocycles. The number of anilines is 1. The Morgan fingerprint density at radius 1 is 1.28 bits per heavy atom. The zero-order chi connectivity index (χ0) is 12.3. The number of methoxy groups -OCH3 is 1. The fourth-order valence-corrected chi connectivity index (χ4v) is 2.21. The lowest BCUT2D eigenvalue weighted by molar-refractivity contribution is -0.147. The first-order chi connectivity index (χ1) is 8.15. The lowest BCUT2D eigenvalue weighted by atomic mass is 9.88. The van der Waals surface area contributed by atoms with Crippen LogP contribution in [0, 0.1) is 0 Å². The molecule has 2 rings (SSSR count). The molecule has 18 heavy (non-hydrogen) atoms. The maximum atomic E-state index is 11.6. The van der Waals surface area contributed by atoms with Crippen LogP contribution in [-0.4, -0.2) is 31.7 Å². The number of nitrogens with zero attached hydrogens (tertiary/aromatic N) is 1. The molecule has 2 N–H and O–H groups in total. The molecule has 0 bridgehead atoms. The fraction of sp³-hybridized carbons (Fsp3) is 0.462. The summed E-state index contributed by atoms with van der Waals surface area (Å²) < 4.78 is 4.75. The number of benzene rings is 1. The molecular formula is C13H19ClN2O2. The van der Waals surface area contributed by atoms with E-state index in [2.05, 4.69) is 17.0 Å². The van der Waals surface area contributed by atoms with Crippen LogP contribution >= 0.6 is 12.4 Å². The summed E-state index contributed by atoms with van der Waals surface area (Å²) in [5.41, 5.74) is 6.43. The van der Waals surface area contributed by atoms with Crippen molar-refractivity contribution in [2.45, 2.75) is 18.4 Å². The van der Waals surface area contributed by atoms with Crippen molar-refractivity contribution in [3.8, 4) is 0 Å². The summed E-state index contributed by atoms with van der Waals surface area (Å²) in [6.07, 6.45) is 1.27. The summed E-state index contributed by atoms with van der Waals surface area (Å²) in [5.74, 6) is -0.301. The molecule has 0 spiro atoms. The molecule has 1 fully saturated rings. The van der Waals surface area contributed by atoms with E-state index in [0.717, 1.165) is 13.1 Å². The molecule has 0 unspecified atom stereocenters. The van der Waals surface area contributed by atoms with Crippen LogP contribution in [0.3, 0.4) is 0 Å². The Labute approximate surface area is 114 Å². The van der Waals surface area contributed by atoms with E-state index in [-0.39, 0.29) is 18.4 Å². The van der Waals surface area contributed by atoms with Crippen LogP contribution < -0.4 is 10.6 Å². The highest BCUT2D eigenvalue weighted by Gasteiger charge is 2.38. The Hall–Kier alpha value is -1.26. The van der Waals surface area contributed by atoms with Crippen molar-refractivity contribution in [2.75, 3.05) is 25.1 Å². The maximum Gasteiger partial charge on any atom is 0.325 e. The van der Waals surface area contributed by atoms with Crippen molar-refractivity contribution in [2.24, 2.45) is 5.73 Å². The normalized spacial score (nSPS) is 17.8. The number of hydrogen-bond donors (Lipinski definition) is 1. The van der Waals surface area contributed by atoms with Gasteiger partial charge in [-0.3, -0.25) is 4.79 Å². The van der Waals surface area contributed by atoms with E-state index < -0.39 is 5.54 Å². The van der Waals surface area contributed by atoms with E-state index in [0.29, 0.717) is 12.8 Å². The molecular weight excluding hydrogens is 252 g/mol. The Kier molecular flexibility index (Phi) is 4.99. The molecule has 1 aromatic rings. The highest BCUT2D eigenvalue weighted by molar-refractivity contribution is 5.85. The number of nitrogens with two attached hydrogens (primary N) is 1. The maximum absolute atomic E-state index is 11.6. The van der Waals surface area contributed by atoms with Gasteiger partial charge in [0, 0.05) is 18.8 Å². The number of ether oxygens (including phenoxy) is 1. The molecule has 0 radical (unpaired) electrons. The first-order valence-corrected chi connectivity index (χ1v) is 5.83. The molecule has 5 heteroatoms. The van der Waals surface area contributed by atoms with Crippen LogP contribution in [0.15, 0.2) is 30.3 Å². The molecule has 1 aliphatic rings. The predicted molar refractivity (Wildman–Crippen MR) is 74.1 cm³/mol. The summed E-state index contributed by atoms with van der Waals surface area (Å²) in [7, 11) is 1.39. The molecule has 100 valence electrons. The van der Waals surface area contributed by atoms with Gasteiger partial charge in [-0.2, -0.15) is 0 Å². The van der Waals surface area contributed by atoms with Gasteiger partial charge in [-0.1, -0.05) is 18.2 Å². The lowest BCUT2D eigenvalue weighted by Gasteiger charge is -2.38. The van der Waals surface area contributed by atoms with Crippen molar-refractivity contribution in [1.29, 1.82) is 0 Å². The molecule has 0 aliphatic carbocycles. The Balaban J connectivity index is 0.00000162. The predicted octanol–water partition coefficient (Wildman–Crippen LogP) is 1.58. The van der Waals surface area contributed by atoms with E-state index in [1.54, 1.807) is 0 Å². The Bertz CT molecular complexity index is 389. The molecule has 0 aromatic heterocycles. The van der Waals surface area contributed by atoms with Gasteiger partial charge in [0.25, 0.3) is 0 Å². The van der Waals surface area contributed by atoms with Gasteiger partial charge in [0.2, 0.25) is 0 Å². The summed E-state index contributed by atoms with van der Waals surface area (Å²) in [4.78, 5) is 13.8. The highest BCUT2D eigenvalue weighted by Crippen LogP contribution is 2.25. The van der Waals surface area contributed by atoms with Crippen molar-refractivity contribution in [3.63, 3.8) is 0 Å². The summed E-state index contributed by atoms with van der Waals surface area (Å²) in [6, 6.07) is 10.2. The fourth-order valence-electron chi connectivity index (χ4n) is 2.21. The monoisotopic (exact) mass is 270 g/mol. The Morgan fingerprint density at radius 3 is 2.33 bits per heavy atom. The van der Waals surface area contributed by atoms with E-state index in [1.807, 2.05) is 18.2 Å². The van der Waals surface area contributed by atoms with Crippen molar-refractivity contribution in [3.05, 3.63) is 30.3 Å². The van der Waals surface area contributed by atoms with Crippen LogP contribution in [0.5, 0.6) is 0 Å². The first-order valence-electron chi connectivity index (χ1n) is 5.83. The minimum Gasteiger partial charge on any atom is -0.468 e. The SMILES string of the molecule is COC(=O)C1(N)CCN(c2ccccc2)CC1.Cl. The first kappa shape index (κ1) is 14.8. The zero-order valence-electron chi connectivity index (χ0n) is 10.5. The van der Waals surface area contributed by atoms with E-state index in [4.69, 9.17) is 10.5 Å².